The zero-order valence-corrected chi connectivity index (χ0v) is 12.3. The molecule has 1 aromatic heterocycles. The molecule has 23 heavy (non-hydrogen) atoms. The average Bonchev–Trinajstić information content (AvgIpc) is 3.12. The third kappa shape index (κ3) is 4.58. The molecule has 3 rings (SSSR count). The first-order chi connectivity index (χ1) is 11.4. The van der Waals surface area contributed by atoms with Crippen molar-refractivity contribution in [1.29, 1.82) is 0 Å². The van der Waals surface area contributed by atoms with E-state index in [2.05, 4.69) is 26.8 Å². The van der Waals surface area contributed by atoms with Crippen molar-refractivity contribution in [2.24, 2.45) is 5.10 Å². The standard InChI is InChI=1S/C17H14N4O2/c1-2-4-16(5-3-1)22-10-11-23-17-8-6-15(7-9-17)12-20-21-13-18-19-14-21/h2,4-9,12-14H,10-11H2/b20-12+. The maximum atomic E-state index is 5.62. The zero-order chi connectivity index (χ0) is 15.7. The molecule has 0 spiro atoms. The van der Waals surface area contributed by atoms with Gasteiger partial charge in [0, 0.05) is 6.08 Å². The number of benzene rings is 1. The molecule has 1 heterocycles. The first-order valence-corrected chi connectivity index (χ1v) is 7.02. The van der Waals surface area contributed by atoms with E-state index in [4.69, 9.17) is 9.47 Å². The average molecular weight is 306 g/mol. The van der Waals surface area contributed by atoms with Gasteiger partial charge in [-0.2, -0.15) is 5.10 Å². The molecule has 0 saturated heterocycles. The van der Waals surface area contributed by atoms with Crippen LogP contribution in [0.5, 0.6) is 5.75 Å². The van der Waals surface area contributed by atoms with E-state index in [0.717, 1.165) is 17.1 Å². The van der Waals surface area contributed by atoms with Crippen LogP contribution in [-0.4, -0.2) is 34.3 Å². The number of aromatic nitrogens is 3. The Bertz CT molecular complexity index is 792. The summed E-state index contributed by atoms with van der Waals surface area (Å²) in [4.78, 5) is 0. The summed E-state index contributed by atoms with van der Waals surface area (Å²) in [6.45, 7) is 0.932. The molecule has 0 atom stereocenters. The molecule has 0 bridgehead atoms. The molecule has 1 aliphatic carbocycles. The third-order valence-corrected chi connectivity index (χ3v) is 2.88. The second kappa shape index (κ2) is 7.61. The number of hydrogen-bond acceptors (Lipinski definition) is 5. The quantitative estimate of drug-likeness (QED) is 0.447. The van der Waals surface area contributed by atoms with Gasteiger partial charge < -0.3 is 9.47 Å². The first kappa shape index (κ1) is 14.6. The molecule has 0 fully saturated rings. The minimum absolute atomic E-state index is 0.465. The lowest BCUT2D eigenvalue weighted by Gasteiger charge is -2.08. The number of rotatable bonds is 7. The summed E-state index contributed by atoms with van der Waals surface area (Å²) in [5.41, 5.74) is 6.61. The number of ether oxygens (including phenoxy) is 2. The van der Waals surface area contributed by atoms with Gasteiger partial charge in [-0.25, -0.2) is 4.68 Å². The molecule has 6 heteroatoms. The van der Waals surface area contributed by atoms with Crippen molar-refractivity contribution in [1.82, 2.24) is 14.9 Å². The van der Waals surface area contributed by atoms with E-state index in [1.807, 2.05) is 30.3 Å². The van der Waals surface area contributed by atoms with Crippen LogP contribution >= 0.6 is 0 Å². The van der Waals surface area contributed by atoms with Crippen molar-refractivity contribution in [3.05, 3.63) is 77.9 Å². The fraction of sp³-hybridized carbons (Fsp3) is 0.118. The molecule has 0 unspecified atom stereocenters. The van der Waals surface area contributed by atoms with E-state index >= 15 is 0 Å². The third-order valence-electron chi connectivity index (χ3n) is 2.88. The Balaban J connectivity index is 1.43. The van der Waals surface area contributed by atoms with Gasteiger partial charge >= 0.3 is 0 Å². The summed E-state index contributed by atoms with van der Waals surface area (Å²) in [6, 6.07) is 7.62. The molecular formula is C17H14N4O2. The van der Waals surface area contributed by atoms with Gasteiger partial charge in [0.1, 0.15) is 37.4 Å². The van der Waals surface area contributed by atoms with Crippen molar-refractivity contribution in [2.75, 3.05) is 13.2 Å². The molecule has 0 N–H and O–H groups in total. The number of nitrogens with zero attached hydrogens (tertiary/aromatic N) is 4. The van der Waals surface area contributed by atoms with E-state index < -0.39 is 0 Å². The fourth-order valence-corrected chi connectivity index (χ4v) is 1.78. The Morgan fingerprint density at radius 3 is 2.57 bits per heavy atom. The van der Waals surface area contributed by atoms with Crippen molar-refractivity contribution in [2.45, 2.75) is 0 Å². The van der Waals surface area contributed by atoms with Crippen molar-refractivity contribution in [3.8, 4) is 5.75 Å². The topological polar surface area (TPSA) is 61.5 Å². The lowest BCUT2D eigenvalue weighted by molar-refractivity contribution is 0.164. The molecule has 0 saturated carbocycles. The fourth-order valence-electron chi connectivity index (χ4n) is 1.78. The van der Waals surface area contributed by atoms with Crippen LogP contribution in [0.25, 0.3) is 0 Å². The summed E-state index contributed by atoms with van der Waals surface area (Å²) in [7, 11) is 0. The second-order valence-corrected chi connectivity index (χ2v) is 4.52. The largest absolute Gasteiger partial charge is 0.490 e. The van der Waals surface area contributed by atoms with Crippen LogP contribution in [0.4, 0.5) is 0 Å². The summed E-state index contributed by atoms with van der Waals surface area (Å²) >= 11 is 0. The Labute approximate surface area is 133 Å². The lowest BCUT2D eigenvalue weighted by atomic mass is 10.2. The smallest absolute Gasteiger partial charge is 0.141 e. The highest BCUT2D eigenvalue weighted by atomic mass is 16.5. The number of hydrogen-bond donors (Lipinski definition) is 0. The number of allylic oxidation sites excluding steroid dienone is 3. The monoisotopic (exact) mass is 306 g/mol. The van der Waals surface area contributed by atoms with Crippen LogP contribution in [0.15, 0.2) is 77.5 Å². The van der Waals surface area contributed by atoms with Gasteiger partial charge in [-0.15, -0.1) is 10.2 Å². The highest BCUT2D eigenvalue weighted by molar-refractivity contribution is 5.79. The molecule has 1 aromatic carbocycles. The molecule has 0 aliphatic heterocycles. The highest BCUT2D eigenvalue weighted by Crippen LogP contribution is 2.11. The van der Waals surface area contributed by atoms with Crippen molar-refractivity contribution in [3.63, 3.8) is 0 Å². The molecule has 6 nitrogen and oxygen atoms in total. The Hall–Kier alpha value is -3.33. The molecule has 2 aromatic rings. The zero-order valence-electron chi connectivity index (χ0n) is 12.3. The predicted molar refractivity (Wildman–Crippen MR) is 85.2 cm³/mol. The SMILES string of the molecule is C1=C=CC(OCCOc2ccc(/C=N/n3cnnc3)cc2)=CC=1. The molecular weight excluding hydrogens is 292 g/mol. The van der Waals surface area contributed by atoms with E-state index in [1.54, 1.807) is 18.4 Å². The first-order valence-electron chi connectivity index (χ1n) is 7.02. The summed E-state index contributed by atoms with van der Waals surface area (Å²) < 4.78 is 12.7. The Morgan fingerprint density at radius 2 is 1.83 bits per heavy atom. The normalized spacial score (nSPS) is 12.6. The second-order valence-electron chi connectivity index (χ2n) is 4.52. The van der Waals surface area contributed by atoms with Gasteiger partial charge in [0.2, 0.25) is 0 Å². The van der Waals surface area contributed by atoms with Crippen molar-refractivity contribution >= 4 is 6.21 Å². The van der Waals surface area contributed by atoms with E-state index in [1.165, 1.54) is 17.3 Å². The lowest BCUT2D eigenvalue weighted by Crippen LogP contribution is -2.06. The summed E-state index contributed by atoms with van der Waals surface area (Å²) in [5.74, 6) is 1.54. The van der Waals surface area contributed by atoms with Gasteiger partial charge in [0.25, 0.3) is 0 Å². The highest BCUT2D eigenvalue weighted by Gasteiger charge is 1.97. The van der Waals surface area contributed by atoms with E-state index in [0.29, 0.717) is 13.2 Å². The van der Waals surface area contributed by atoms with E-state index in [9.17, 15) is 0 Å². The van der Waals surface area contributed by atoms with Crippen LogP contribution in [0.3, 0.4) is 0 Å². The van der Waals surface area contributed by atoms with Gasteiger partial charge in [0.05, 0.1) is 6.21 Å². The maximum absolute atomic E-state index is 5.62. The van der Waals surface area contributed by atoms with Crippen LogP contribution < -0.4 is 4.74 Å². The van der Waals surface area contributed by atoms with Crippen LogP contribution in [-0.2, 0) is 4.74 Å². The summed E-state index contributed by atoms with van der Waals surface area (Å²) in [6.07, 6.45) is 10.1. The minimum atomic E-state index is 0.465. The van der Waals surface area contributed by atoms with Crippen LogP contribution in [0, 0.1) is 0 Å². The van der Waals surface area contributed by atoms with Crippen LogP contribution in [0.2, 0.25) is 0 Å². The maximum Gasteiger partial charge on any atom is 0.141 e. The van der Waals surface area contributed by atoms with Gasteiger partial charge in [0.15, 0.2) is 0 Å². The molecule has 1 aliphatic rings. The Morgan fingerprint density at radius 1 is 1.04 bits per heavy atom. The predicted octanol–water partition coefficient (Wildman–Crippen LogP) is 2.32. The molecule has 0 radical (unpaired) electrons. The van der Waals surface area contributed by atoms with Crippen molar-refractivity contribution < 1.29 is 9.47 Å². The van der Waals surface area contributed by atoms with Gasteiger partial charge in [-0.1, -0.05) is 11.5 Å². The molecule has 114 valence electrons. The molecule has 0 amide bonds. The minimum Gasteiger partial charge on any atom is -0.490 e. The summed E-state index contributed by atoms with van der Waals surface area (Å²) in [5, 5.41) is 11.5. The van der Waals surface area contributed by atoms with Gasteiger partial charge in [-0.05, 0) is 42.0 Å². The van der Waals surface area contributed by atoms with E-state index in [-0.39, 0.29) is 0 Å². The van der Waals surface area contributed by atoms with Gasteiger partial charge in [-0.3, -0.25) is 0 Å². The Kier molecular flexibility index (Phi) is 4.83. The van der Waals surface area contributed by atoms with Crippen LogP contribution in [0.1, 0.15) is 5.56 Å².